The highest BCUT2D eigenvalue weighted by Crippen LogP contribution is 2.38. The Morgan fingerprint density at radius 1 is 1.56 bits per heavy atom. The van der Waals surface area contributed by atoms with Crippen LogP contribution in [0.3, 0.4) is 0 Å². The molecular formula is C10H10IN3OS. The Balaban J connectivity index is 1.86. The van der Waals surface area contributed by atoms with Gasteiger partial charge >= 0.3 is 0 Å². The number of rotatable bonds is 3. The SMILES string of the molecule is NC(c1noc(-c2csc(I)c2)n1)C1CC1. The molecule has 16 heavy (non-hydrogen) atoms. The number of nitrogens with zero attached hydrogens (tertiary/aromatic N) is 2. The van der Waals surface area contributed by atoms with Gasteiger partial charge < -0.3 is 10.3 Å². The van der Waals surface area contributed by atoms with Crippen LogP contribution in [0.5, 0.6) is 0 Å². The minimum Gasteiger partial charge on any atom is -0.334 e. The molecule has 0 aliphatic heterocycles. The smallest absolute Gasteiger partial charge is 0.258 e. The summed E-state index contributed by atoms with van der Waals surface area (Å²) in [7, 11) is 0. The summed E-state index contributed by atoms with van der Waals surface area (Å²) >= 11 is 3.94. The van der Waals surface area contributed by atoms with Gasteiger partial charge in [0.05, 0.1) is 14.5 Å². The highest BCUT2D eigenvalue weighted by molar-refractivity contribution is 14.1. The van der Waals surface area contributed by atoms with E-state index in [-0.39, 0.29) is 6.04 Å². The molecular weight excluding hydrogens is 337 g/mol. The van der Waals surface area contributed by atoms with Crippen molar-refractivity contribution in [2.45, 2.75) is 18.9 Å². The topological polar surface area (TPSA) is 64.9 Å². The van der Waals surface area contributed by atoms with Crippen LogP contribution in [0.15, 0.2) is 16.0 Å². The van der Waals surface area contributed by atoms with Gasteiger partial charge in [-0.2, -0.15) is 4.98 Å². The zero-order valence-corrected chi connectivity index (χ0v) is 11.4. The van der Waals surface area contributed by atoms with Gasteiger partial charge in [0.2, 0.25) is 0 Å². The Hall–Kier alpha value is -0.470. The number of nitrogens with two attached hydrogens (primary N) is 1. The molecule has 0 spiro atoms. The van der Waals surface area contributed by atoms with Gasteiger partial charge in [-0.25, -0.2) is 0 Å². The second-order valence-corrected chi connectivity index (χ2v) is 6.77. The highest BCUT2D eigenvalue weighted by atomic mass is 127. The number of aromatic nitrogens is 2. The van der Waals surface area contributed by atoms with E-state index in [0.717, 1.165) is 5.56 Å². The van der Waals surface area contributed by atoms with E-state index in [4.69, 9.17) is 10.3 Å². The van der Waals surface area contributed by atoms with Gasteiger partial charge in [-0.05, 0) is 47.4 Å². The van der Waals surface area contributed by atoms with E-state index in [0.29, 0.717) is 17.6 Å². The van der Waals surface area contributed by atoms with E-state index < -0.39 is 0 Å². The zero-order chi connectivity index (χ0) is 11.1. The van der Waals surface area contributed by atoms with Gasteiger partial charge in [-0.3, -0.25) is 0 Å². The Bertz CT molecular complexity index is 506. The summed E-state index contributed by atoms with van der Waals surface area (Å²) in [5.41, 5.74) is 7.00. The predicted molar refractivity (Wildman–Crippen MR) is 70.0 cm³/mol. The molecule has 1 aliphatic carbocycles. The van der Waals surface area contributed by atoms with Gasteiger partial charge in [0.15, 0.2) is 5.82 Å². The molecule has 0 amide bonds. The van der Waals surface area contributed by atoms with Crippen molar-refractivity contribution in [3.63, 3.8) is 0 Å². The minimum absolute atomic E-state index is 0.0600. The summed E-state index contributed by atoms with van der Waals surface area (Å²) in [5, 5.41) is 5.97. The van der Waals surface area contributed by atoms with Crippen LogP contribution in [0.4, 0.5) is 0 Å². The predicted octanol–water partition coefficient (Wildman–Crippen LogP) is 2.81. The molecule has 1 atom stereocenters. The summed E-state index contributed by atoms with van der Waals surface area (Å²) in [5.74, 6) is 1.76. The van der Waals surface area contributed by atoms with Crippen LogP contribution in [0.1, 0.15) is 24.7 Å². The lowest BCUT2D eigenvalue weighted by Crippen LogP contribution is -2.13. The van der Waals surface area contributed by atoms with Crippen molar-refractivity contribution in [2.24, 2.45) is 11.7 Å². The largest absolute Gasteiger partial charge is 0.334 e. The Morgan fingerprint density at radius 3 is 3.00 bits per heavy atom. The van der Waals surface area contributed by atoms with Crippen LogP contribution in [0.25, 0.3) is 11.5 Å². The fraction of sp³-hybridized carbons (Fsp3) is 0.400. The van der Waals surface area contributed by atoms with Crippen molar-refractivity contribution in [1.82, 2.24) is 10.1 Å². The van der Waals surface area contributed by atoms with Crippen molar-refractivity contribution in [3.05, 3.63) is 20.2 Å². The van der Waals surface area contributed by atoms with Crippen LogP contribution in [0.2, 0.25) is 0 Å². The third-order valence-electron chi connectivity index (χ3n) is 2.68. The van der Waals surface area contributed by atoms with Gasteiger partial charge in [-0.1, -0.05) is 5.16 Å². The molecule has 1 unspecified atom stereocenters. The Labute approximate surface area is 110 Å². The van der Waals surface area contributed by atoms with Crippen LogP contribution in [-0.2, 0) is 0 Å². The number of halogens is 1. The maximum atomic E-state index is 6.01. The number of thiophene rings is 1. The van der Waals surface area contributed by atoms with Crippen LogP contribution in [0, 0.1) is 8.80 Å². The maximum absolute atomic E-state index is 6.01. The minimum atomic E-state index is -0.0600. The molecule has 2 aromatic rings. The first-order valence-electron chi connectivity index (χ1n) is 5.07. The molecule has 1 fully saturated rings. The zero-order valence-electron chi connectivity index (χ0n) is 8.39. The molecule has 3 rings (SSSR count). The summed E-state index contributed by atoms with van der Waals surface area (Å²) in [6.07, 6.45) is 2.36. The van der Waals surface area contributed by atoms with E-state index in [9.17, 15) is 0 Å². The van der Waals surface area contributed by atoms with Crippen molar-refractivity contribution < 1.29 is 4.52 Å². The Kier molecular flexibility index (Phi) is 2.72. The average molecular weight is 347 g/mol. The quantitative estimate of drug-likeness (QED) is 0.868. The summed E-state index contributed by atoms with van der Waals surface area (Å²) < 4.78 is 6.43. The molecule has 0 saturated heterocycles. The lowest BCUT2D eigenvalue weighted by Gasteiger charge is -2.01. The van der Waals surface area contributed by atoms with E-state index in [2.05, 4.69) is 32.7 Å². The van der Waals surface area contributed by atoms with Crippen LogP contribution < -0.4 is 5.73 Å². The lowest BCUT2D eigenvalue weighted by molar-refractivity contribution is 0.411. The van der Waals surface area contributed by atoms with E-state index in [1.807, 2.05) is 11.4 Å². The molecule has 2 heterocycles. The standard InChI is InChI=1S/C10H10IN3OS/c11-7-3-6(4-16-7)10-13-9(14-15-10)8(12)5-1-2-5/h3-5,8H,1-2,12H2. The maximum Gasteiger partial charge on any atom is 0.258 e. The molecule has 2 N–H and O–H groups in total. The Morgan fingerprint density at radius 2 is 2.38 bits per heavy atom. The van der Waals surface area contributed by atoms with Crippen molar-refractivity contribution in [1.29, 1.82) is 0 Å². The van der Waals surface area contributed by atoms with Gasteiger partial charge in [0.1, 0.15) is 0 Å². The molecule has 2 aromatic heterocycles. The number of hydrogen-bond donors (Lipinski definition) is 1. The molecule has 4 nitrogen and oxygen atoms in total. The summed E-state index contributed by atoms with van der Waals surface area (Å²) in [6, 6.07) is 1.97. The van der Waals surface area contributed by atoms with Crippen LogP contribution in [-0.4, -0.2) is 10.1 Å². The second kappa shape index (κ2) is 4.08. The monoisotopic (exact) mass is 347 g/mol. The molecule has 1 aliphatic rings. The van der Waals surface area contributed by atoms with Gasteiger partial charge in [0, 0.05) is 5.38 Å². The molecule has 0 aromatic carbocycles. The molecule has 6 heteroatoms. The molecule has 84 valence electrons. The third kappa shape index (κ3) is 2.01. The highest BCUT2D eigenvalue weighted by Gasteiger charge is 2.32. The fourth-order valence-corrected chi connectivity index (χ4v) is 2.90. The van der Waals surface area contributed by atoms with Crippen molar-refractivity contribution in [2.75, 3.05) is 0 Å². The van der Waals surface area contributed by atoms with E-state index in [1.54, 1.807) is 11.3 Å². The first-order valence-corrected chi connectivity index (χ1v) is 7.03. The third-order valence-corrected chi connectivity index (χ3v) is 4.47. The average Bonchev–Trinajstić information content (AvgIpc) is 2.84. The first kappa shape index (κ1) is 10.7. The van der Waals surface area contributed by atoms with Gasteiger partial charge in [-0.15, -0.1) is 11.3 Å². The second-order valence-electron chi connectivity index (χ2n) is 3.96. The van der Waals surface area contributed by atoms with Crippen molar-refractivity contribution >= 4 is 33.9 Å². The van der Waals surface area contributed by atoms with E-state index >= 15 is 0 Å². The lowest BCUT2D eigenvalue weighted by atomic mass is 10.2. The van der Waals surface area contributed by atoms with Crippen LogP contribution >= 0.6 is 33.9 Å². The fourth-order valence-electron chi connectivity index (χ4n) is 1.58. The molecule has 1 saturated carbocycles. The molecule has 0 radical (unpaired) electrons. The molecule has 0 bridgehead atoms. The number of hydrogen-bond acceptors (Lipinski definition) is 5. The summed E-state index contributed by atoms with van der Waals surface area (Å²) in [4.78, 5) is 4.36. The summed E-state index contributed by atoms with van der Waals surface area (Å²) in [6.45, 7) is 0. The first-order chi connectivity index (χ1) is 7.74. The van der Waals surface area contributed by atoms with E-state index in [1.165, 1.54) is 15.7 Å². The van der Waals surface area contributed by atoms with Crippen molar-refractivity contribution in [3.8, 4) is 11.5 Å². The normalized spacial score (nSPS) is 17.6. The van der Waals surface area contributed by atoms with Gasteiger partial charge in [0.25, 0.3) is 5.89 Å².